The number of aryl methyl sites for hydroxylation is 1. The summed E-state index contributed by atoms with van der Waals surface area (Å²) in [6, 6.07) is 25.2. The number of sulfonamides is 1. The van der Waals surface area contributed by atoms with Crippen molar-refractivity contribution in [3.05, 3.63) is 124 Å². The zero-order chi connectivity index (χ0) is 34.0. The van der Waals surface area contributed by atoms with Crippen molar-refractivity contribution in [2.24, 2.45) is 0 Å². The van der Waals surface area contributed by atoms with Crippen LogP contribution in [0.4, 0.5) is 10.1 Å². The standard InChI is InChI=1S/C36H39BrFN3O5S/c1-4-5-21-39-36(43)33(22-27-9-7-6-8-10-27)40(24-28-13-15-29(38)16-14-28)35(42)25-41(30-17-11-26(2)12-18-30)47(44,45)31-19-20-34(46-3)32(37)23-31/h6-20,23,33H,4-5,21-22,24-25H2,1-3H3,(H,39,43)/t33-/m0/s1. The van der Waals surface area contributed by atoms with Crippen molar-refractivity contribution in [1.82, 2.24) is 10.2 Å². The zero-order valence-electron chi connectivity index (χ0n) is 26.7. The van der Waals surface area contributed by atoms with E-state index in [1.807, 2.05) is 44.2 Å². The highest BCUT2D eigenvalue weighted by Crippen LogP contribution is 2.31. The predicted molar refractivity (Wildman–Crippen MR) is 185 cm³/mol. The summed E-state index contributed by atoms with van der Waals surface area (Å²) >= 11 is 3.37. The van der Waals surface area contributed by atoms with Gasteiger partial charge in [0.25, 0.3) is 10.0 Å². The molecule has 4 rings (SSSR count). The average Bonchev–Trinajstić information content (AvgIpc) is 3.07. The number of methoxy groups -OCH3 is 1. The Balaban J connectivity index is 1.79. The highest BCUT2D eigenvalue weighted by molar-refractivity contribution is 9.10. The molecule has 0 aliphatic heterocycles. The predicted octanol–water partition coefficient (Wildman–Crippen LogP) is 6.66. The summed E-state index contributed by atoms with van der Waals surface area (Å²) in [4.78, 5) is 29.7. The third-order valence-corrected chi connectivity index (χ3v) is 10.1. The van der Waals surface area contributed by atoms with Gasteiger partial charge in [0.15, 0.2) is 0 Å². The second-order valence-corrected chi connectivity index (χ2v) is 13.9. The number of nitrogens with zero attached hydrogens (tertiary/aromatic N) is 2. The molecule has 0 radical (unpaired) electrons. The SMILES string of the molecule is CCCCNC(=O)[C@H](Cc1ccccc1)N(Cc1ccc(F)cc1)C(=O)CN(c1ccc(C)cc1)S(=O)(=O)c1ccc(OC)c(Br)c1. The van der Waals surface area contributed by atoms with Gasteiger partial charge in [-0.05, 0) is 82.9 Å². The summed E-state index contributed by atoms with van der Waals surface area (Å²) in [6.07, 6.45) is 1.81. The molecule has 4 aromatic rings. The maximum Gasteiger partial charge on any atom is 0.264 e. The number of benzene rings is 4. The molecule has 0 aromatic heterocycles. The monoisotopic (exact) mass is 723 g/mol. The molecule has 0 aliphatic rings. The first-order valence-electron chi connectivity index (χ1n) is 15.3. The quantitative estimate of drug-likeness (QED) is 0.139. The van der Waals surface area contributed by atoms with E-state index in [1.54, 1.807) is 36.4 Å². The topological polar surface area (TPSA) is 96.0 Å². The molecular formula is C36H39BrFN3O5S. The molecule has 0 bridgehead atoms. The van der Waals surface area contributed by atoms with Gasteiger partial charge in [0.05, 0.1) is 22.2 Å². The Morgan fingerprint density at radius 2 is 1.62 bits per heavy atom. The Morgan fingerprint density at radius 3 is 2.23 bits per heavy atom. The van der Waals surface area contributed by atoms with Gasteiger partial charge in [0.1, 0.15) is 24.2 Å². The number of halogens is 2. The number of hydrogen-bond donors (Lipinski definition) is 1. The molecule has 0 fully saturated rings. The fourth-order valence-corrected chi connectivity index (χ4v) is 7.15. The molecule has 1 N–H and O–H groups in total. The smallest absolute Gasteiger partial charge is 0.264 e. The minimum absolute atomic E-state index is 0.0479. The summed E-state index contributed by atoms with van der Waals surface area (Å²) in [5.74, 6) is -0.948. The molecule has 0 heterocycles. The van der Waals surface area contributed by atoms with Crippen LogP contribution >= 0.6 is 15.9 Å². The van der Waals surface area contributed by atoms with Crippen LogP contribution in [0.5, 0.6) is 5.75 Å². The number of rotatable bonds is 15. The van der Waals surface area contributed by atoms with Gasteiger partial charge >= 0.3 is 0 Å². The van der Waals surface area contributed by atoms with Gasteiger partial charge in [-0.2, -0.15) is 0 Å². The number of anilines is 1. The molecule has 0 aliphatic carbocycles. The van der Waals surface area contributed by atoms with Crippen LogP contribution < -0.4 is 14.4 Å². The molecule has 0 saturated heterocycles. The highest BCUT2D eigenvalue weighted by atomic mass is 79.9. The van der Waals surface area contributed by atoms with Crippen LogP contribution in [0.25, 0.3) is 0 Å². The van der Waals surface area contributed by atoms with Gasteiger partial charge in [-0.1, -0.05) is 73.5 Å². The molecule has 11 heteroatoms. The van der Waals surface area contributed by atoms with Gasteiger partial charge in [-0.25, -0.2) is 12.8 Å². The van der Waals surface area contributed by atoms with E-state index in [-0.39, 0.29) is 29.5 Å². The van der Waals surface area contributed by atoms with Gasteiger partial charge in [0, 0.05) is 19.5 Å². The summed E-state index contributed by atoms with van der Waals surface area (Å²) in [7, 11) is -2.82. The van der Waals surface area contributed by atoms with E-state index in [9.17, 15) is 22.4 Å². The second kappa shape index (κ2) is 16.6. The summed E-state index contributed by atoms with van der Waals surface area (Å²) in [6.45, 7) is 3.68. The van der Waals surface area contributed by atoms with Gasteiger partial charge in [-0.3, -0.25) is 13.9 Å². The van der Waals surface area contributed by atoms with Crippen molar-refractivity contribution in [1.29, 1.82) is 0 Å². The summed E-state index contributed by atoms with van der Waals surface area (Å²) in [5.41, 5.74) is 2.60. The van der Waals surface area contributed by atoms with Crippen LogP contribution in [0.2, 0.25) is 0 Å². The van der Waals surface area contributed by atoms with Gasteiger partial charge in [-0.15, -0.1) is 0 Å². The average molecular weight is 725 g/mol. The largest absolute Gasteiger partial charge is 0.496 e. The molecule has 0 spiro atoms. The maximum atomic E-state index is 14.5. The van der Waals surface area contributed by atoms with E-state index < -0.39 is 34.3 Å². The second-order valence-electron chi connectivity index (χ2n) is 11.1. The number of nitrogens with one attached hydrogen (secondary N) is 1. The van der Waals surface area contributed by atoms with Crippen molar-refractivity contribution in [2.45, 2.75) is 50.6 Å². The summed E-state index contributed by atoms with van der Waals surface area (Å²) in [5, 5.41) is 2.96. The third kappa shape index (κ3) is 9.42. The van der Waals surface area contributed by atoms with Crippen LogP contribution in [0.1, 0.15) is 36.5 Å². The Bertz CT molecular complexity index is 1750. The van der Waals surface area contributed by atoms with E-state index in [4.69, 9.17) is 4.74 Å². The first kappa shape index (κ1) is 35.6. The van der Waals surface area contributed by atoms with Crippen molar-refractivity contribution in [3.63, 3.8) is 0 Å². The molecular weight excluding hydrogens is 685 g/mol. The lowest BCUT2D eigenvalue weighted by atomic mass is 10.0. The van der Waals surface area contributed by atoms with Crippen molar-refractivity contribution in [3.8, 4) is 5.75 Å². The van der Waals surface area contributed by atoms with E-state index >= 15 is 0 Å². The highest BCUT2D eigenvalue weighted by Gasteiger charge is 2.34. The summed E-state index contributed by atoms with van der Waals surface area (Å²) < 4.78 is 49.2. The van der Waals surface area contributed by atoms with Crippen LogP contribution in [-0.4, -0.2) is 51.4 Å². The molecule has 248 valence electrons. The lowest BCUT2D eigenvalue weighted by molar-refractivity contribution is -0.140. The minimum Gasteiger partial charge on any atom is -0.496 e. The Morgan fingerprint density at radius 1 is 0.936 bits per heavy atom. The molecule has 0 unspecified atom stereocenters. The lowest BCUT2D eigenvalue weighted by Crippen LogP contribution is -2.53. The molecule has 4 aromatic carbocycles. The van der Waals surface area contributed by atoms with Crippen LogP contribution in [0, 0.1) is 12.7 Å². The van der Waals surface area contributed by atoms with E-state index in [0.29, 0.717) is 22.3 Å². The molecule has 0 saturated carbocycles. The maximum absolute atomic E-state index is 14.5. The number of carbonyl (C=O) groups is 2. The Hall–Kier alpha value is -4.22. The number of ether oxygens (including phenoxy) is 1. The first-order chi connectivity index (χ1) is 22.5. The van der Waals surface area contributed by atoms with Crippen LogP contribution in [0.3, 0.4) is 0 Å². The lowest BCUT2D eigenvalue weighted by Gasteiger charge is -2.34. The number of unbranched alkanes of at least 4 members (excludes halogenated alkanes) is 1. The molecule has 2 amide bonds. The first-order valence-corrected chi connectivity index (χ1v) is 17.5. The van der Waals surface area contributed by atoms with E-state index in [0.717, 1.165) is 28.3 Å². The molecule has 47 heavy (non-hydrogen) atoms. The minimum atomic E-state index is -4.29. The number of hydrogen-bond acceptors (Lipinski definition) is 5. The fourth-order valence-electron chi connectivity index (χ4n) is 5.02. The molecule has 1 atom stereocenters. The Kier molecular flexibility index (Phi) is 12.6. The Labute approximate surface area is 284 Å². The van der Waals surface area contributed by atoms with E-state index in [1.165, 1.54) is 42.3 Å². The van der Waals surface area contributed by atoms with Crippen molar-refractivity contribution >= 4 is 43.5 Å². The van der Waals surface area contributed by atoms with Crippen molar-refractivity contribution in [2.75, 3.05) is 24.5 Å². The fraction of sp³-hybridized carbons (Fsp3) is 0.278. The zero-order valence-corrected chi connectivity index (χ0v) is 29.1. The van der Waals surface area contributed by atoms with Crippen LogP contribution in [-0.2, 0) is 32.6 Å². The third-order valence-electron chi connectivity index (χ3n) is 7.68. The van der Waals surface area contributed by atoms with Crippen LogP contribution in [0.15, 0.2) is 106 Å². The number of carbonyl (C=O) groups excluding carboxylic acids is 2. The van der Waals surface area contributed by atoms with E-state index in [2.05, 4.69) is 21.2 Å². The van der Waals surface area contributed by atoms with Gasteiger partial charge < -0.3 is 15.0 Å². The van der Waals surface area contributed by atoms with Gasteiger partial charge in [0.2, 0.25) is 11.8 Å². The van der Waals surface area contributed by atoms with Crippen molar-refractivity contribution < 1.29 is 27.1 Å². The molecule has 8 nitrogen and oxygen atoms in total. The number of amides is 2. The normalized spacial score (nSPS) is 11.9.